The third-order valence-electron chi connectivity index (χ3n) is 4.06. The summed E-state index contributed by atoms with van der Waals surface area (Å²) in [5.74, 6) is 0.930. The fraction of sp³-hybridized carbons (Fsp3) is 0.100. The number of thiazole rings is 1. The fourth-order valence-electron chi connectivity index (χ4n) is 2.73. The third kappa shape index (κ3) is 3.50. The number of fused-ring (bicyclic) bond motifs is 1. The van der Waals surface area contributed by atoms with E-state index in [1.54, 1.807) is 0 Å². The Kier molecular flexibility index (Phi) is 5.10. The Morgan fingerprint density at radius 3 is 2.64 bits per heavy atom. The van der Waals surface area contributed by atoms with Crippen molar-refractivity contribution in [3.63, 3.8) is 0 Å². The molecule has 2 aromatic carbocycles. The lowest BCUT2D eigenvalue weighted by Crippen LogP contribution is -2.00. The summed E-state index contributed by atoms with van der Waals surface area (Å²) >= 11 is 2.71. The van der Waals surface area contributed by atoms with E-state index >= 15 is 0 Å². The van der Waals surface area contributed by atoms with E-state index in [1.807, 2.05) is 66.1 Å². The van der Waals surface area contributed by atoms with Crippen molar-refractivity contribution in [2.75, 3.05) is 5.75 Å². The minimum absolute atomic E-state index is 0.0215. The number of nitrogens with zero attached hydrogens (tertiary/aromatic N) is 5. The van der Waals surface area contributed by atoms with Gasteiger partial charge in [-0.15, -0.1) is 21.5 Å². The Bertz CT molecular complexity index is 1170. The molecule has 0 aliphatic carbocycles. The smallest absolute Gasteiger partial charge is 0.196 e. The lowest BCUT2D eigenvalue weighted by molar-refractivity contribution is 0.420. The normalized spacial score (nSPS) is 12.0. The number of para-hydroxylation sites is 2. The third-order valence-corrected chi connectivity index (χ3v) is 6.05. The van der Waals surface area contributed by atoms with Crippen LogP contribution < -0.4 is 0 Å². The first kappa shape index (κ1) is 18.2. The van der Waals surface area contributed by atoms with E-state index in [1.165, 1.54) is 23.1 Å². The van der Waals surface area contributed by atoms with Crippen LogP contribution in [-0.2, 0) is 0 Å². The first-order chi connectivity index (χ1) is 13.7. The minimum atomic E-state index is -0.0215. The Balaban J connectivity index is 1.61. The molecule has 28 heavy (non-hydrogen) atoms. The lowest BCUT2D eigenvalue weighted by atomic mass is 10.2. The number of hydrogen-bond acceptors (Lipinski definition) is 7. The number of aliphatic hydroxyl groups excluding tert-OH is 1. The van der Waals surface area contributed by atoms with Gasteiger partial charge in [0, 0.05) is 5.69 Å². The van der Waals surface area contributed by atoms with Crippen molar-refractivity contribution in [1.82, 2.24) is 19.7 Å². The molecule has 0 atom stereocenters. The second-order valence-electron chi connectivity index (χ2n) is 5.91. The van der Waals surface area contributed by atoms with E-state index in [9.17, 15) is 10.4 Å². The molecule has 0 unspecified atom stereocenters. The molecule has 138 valence electrons. The topological polar surface area (TPSA) is 87.6 Å². The maximum atomic E-state index is 10.6. The van der Waals surface area contributed by atoms with Crippen LogP contribution in [0.25, 0.3) is 21.5 Å². The molecule has 0 spiro atoms. The number of benzene rings is 2. The van der Waals surface area contributed by atoms with Gasteiger partial charge in [-0.3, -0.25) is 4.57 Å². The molecular weight excluding hydrogens is 390 g/mol. The zero-order valence-electron chi connectivity index (χ0n) is 14.9. The number of thioether (sulfide) groups is 1. The molecule has 0 aliphatic rings. The van der Waals surface area contributed by atoms with Gasteiger partial charge in [-0.25, -0.2) is 4.98 Å². The molecule has 6 nitrogen and oxygen atoms in total. The molecule has 0 amide bonds. The molecule has 0 fully saturated rings. The predicted molar refractivity (Wildman–Crippen MR) is 112 cm³/mol. The highest BCUT2D eigenvalue weighted by Gasteiger charge is 2.16. The van der Waals surface area contributed by atoms with Gasteiger partial charge in [0.15, 0.2) is 5.16 Å². The number of nitriles is 1. The van der Waals surface area contributed by atoms with Crippen molar-refractivity contribution in [1.29, 1.82) is 5.26 Å². The molecule has 0 saturated heterocycles. The summed E-state index contributed by atoms with van der Waals surface area (Å²) in [4.78, 5) is 4.46. The lowest BCUT2D eigenvalue weighted by Gasteiger charge is -2.08. The van der Waals surface area contributed by atoms with Crippen molar-refractivity contribution < 1.29 is 5.11 Å². The molecule has 0 aliphatic heterocycles. The number of allylic oxidation sites excluding steroid dienone is 1. The first-order valence-corrected chi connectivity index (χ1v) is 10.3. The molecule has 2 aromatic heterocycles. The van der Waals surface area contributed by atoms with Crippen LogP contribution in [0.3, 0.4) is 0 Å². The average Bonchev–Trinajstić information content (AvgIpc) is 3.30. The summed E-state index contributed by atoms with van der Waals surface area (Å²) in [5, 5.41) is 29.6. The summed E-state index contributed by atoms with van der Waals surface area (Å²) < 4.78 is 2.90. The first-order valence-electron chi connectivity index (χ1n) is 8.46. The van der Waals surface area contributed by atoms with Crippen LogP contribution in [0.4, 0.5) is 0 Å². The second-order valence-corrected chi connectivity index (χ2v) is 7.88. The Morgan fingerprint density at radius 2 is 1.89 bits per heavy atom. The number of aromatic nitrogens is 4. The van der Waals surface area contributed by atoms with Crippen LogP contribution in [0.5, 0.6) is 0 Å². The molecule has 8 heteroatoms. The van der Waals surface area contributed by atoms with Crippen molar-refractivity contribution in [2.24, 2.45) is 0 Å². The van der Waals surface area contributed by atoms with Crippen LogP contribution in [0, 0.1) is 18.3 Å². The molecule has 4 rings (SSSR count). The highest BCUT2D eigenvalue weighted by Crippen LogP contribution is 2.30. The summed E-state index contributed by atoms with van der Waals surface area (Å²) in [7, 11) is 0. The zero-order valence-corrected chi connectivity index (χ0v) is 16.5. The molecule has 0 bridgehead atoms. The van der Waals surface area contributed by atoms with Crippen LogP contribution >= 0.6 is 23.1 Å². The molecule has 0 saturated carbocycles. The van der Waals surface area contributed by atoms with Crippen molar-refractivity contribution in [3.05, 3.63) is 71.2 Å². The highest BCUT2D eigenvalue weighted by molar-refractivity contribution is 7.99. The largest absolute Gasteiger partial charge is 0.510 e. The SMILES string of the molecule is Cc1nnc(SC/C(O)=C(\C#N)c2nc3ccccc3s2)n1-c1ccccc1. The second kappa shape index (κ2) is 7.84. The Morgan fingerprint density at radius 1 is 1.14 bits per heavy atom. The standard InChI is InChI=1S/C20H15N5OS2/c1-13-23-24-20(25(13)14-7-3-2-4-8-14)27-12-17(26)15(11-21)19-22-16-9-5-6-10-18(16)28-19/h2-10,26H,12H2,1H3/b17-15-. The number of rotatable bonds is 5. The molecule has 0 radical (unpaired) electrons. The quantitative estimate of drug-likeness (QED) is 0.292. The van der Waals surface area contributed by atoms with Crippen LogP contribution in [-0.4, -0.2) is 30.6 Å². The van der Waals surface area contributed by atoms with Gasteiger partial charge in [-0.05, 0) is 31.2 Å². The van der Waals surface area contributed by atoms with Gasteiger partial charge >= 0.3 is 0 Å². The van der Waals surface area contributed by atoms with Crippen molar-refractivity contribution in [3.8, 4) is 11.8 Å². The molecule has 2 heterocycles. The number of aryl methyl sites for hydroxylation is 1. The van der Waals surface area contributed by atoms with Crippen LogP contribution in [0.15, 0.2) is 65.5 Å². The summed E-state index contributed by atoms with van der Waals surface area (Å²) in [6.07, 6.45) is 0. The maximum Gasteiger partial charge on any atom is 0.196 e. The Hall–Kier alpha value is -3.15. The van der Waals surface area contributed by atoms with Gasteiger partial charge in [-0.1, -0.05) is 42.1 Å². The highest BCUT2D eigenvalue weighted by atomic mass is 32.2. The molecular formula is C20H15N5OS2. The van der Waals surface area contributed by atoms with E-state index in [-0.39, 0.29) is 17.1 Å². The van der Waals surface area contributed by atoms with Crippen LogP contribution in [0.1, 0.15) is 10.8 Å². The summed E-state index contributed by atoms with van der Waals surface area (Å²) in [6.45, 7) is 1.88. The van der Waals surface area contributed by atoms with E-state index in [4.69, 9.17) is 0 Å². The van der Waals surface area contributed by atoms with Crippen LogP contribution in [0.2, 0.25) is 0 Å². The minimum Gasteiger partial charge on any atom is -0.510 e. The average molecular weight is 406 g/mol. The summed E-state index contributed by atoms with van der Waals surface area (Å²) in [6, 6.07) is 19.5. The Labute approximate surface area is 169 Å². The molecule has 4 aromatic rings. The zero-order chi connectivity index (χ0) is 19.5. The van der Waals surface area contributed by atoms with E-state index < -0.39 is 0 Å². The molecule has 1 N–H and O–H groups in total. The van der Waals surface area contributed by atoms with Gasteiger partial charge in [0.2, 0.25) is 0 Å². The monoisotopic (exact) mass is 405 g/mol. The van der Waals surface area contributed by atoms with Gasteiger partial charge in [0.25, 0.3) is 0 Å². The van der Waals surface area contributed by atoms with Gasteiger partial charge in [0.05, 0.1) is 16.0 Å². The van der Waals surface area contributed by atoms with E-state index in [0.717, 1.165) is 21.7 Å². The summed E-state index contributed by atoms with van der Waals surface area (Å²) in [5.41, 5.74) is 1.95. The van der Waals surface area contributed by atoms with E-state index in [0.29, 0.717) is 10.2 Å². The van der Waals surface area contributed by atoms with Gasteiger partial charge in [-0.2, -0.15) is 5.26 Å². The van der Waals surface area contributed by atoms with E-state index in [2.05, 4.69) is 21.3 Å². The van der Waals surface area contributed by atoms with Crippen molar-refractivity contribution in [2.45, 2.75) is 12.1 Å². The van der Waals surface area contributed by atoms with Gasteiger partial charge in [0.1, 0.15) is 28.2 Å². The van der Waals surface area contributed by atoms with Gasteiger partial charge < -0.3 is 5.11 Å². The maximum absolute atomic E-state index is 10.6. The number of aliphatic hydroxyl groups is 1. The van der Waals surface area contributed by atoms with Crippen molar-refractivity contribution >= 4 is 38.9 Å². The fourth-order valence-corrected chi connectivity index (χ4v) is 4.59. The number of hydrogen-bond donors (Lipinski definition) is 1. The predicted octanol–water partition coefficient (Wildman–Crippen LogP) is 4.77.